The van der Waals surface area contributed by atoms with Gasteiger partial charge in [0.2, 0.25) is 0 Å². The van der Waals surface area contributed by atoms with Crippen molar-refractivity contribution in [3.8, 4) is 0 Å². The van der Waals surface area contributed by atoms with Crippen molar-refractivity contribution in [2.24, 2.45) is 40.4 Å². The molecule has 0 radical (unpaired) electrons. The minimum absolute atomic E-state index is 0.0814. The van der Waals surface area contributed by atoms with Crippen LogP contribution in [0.3, 0.4) is 0 Å². The highest BCUT2D eigenvalue weighted by Gasteiger charge is 2.59. The van der Waals surface area contributed by atoms with Crippen LogP contribution in [-0.2, 0) is 0 Å². The summed E-state index contributed by atoms with van der Waals surface area (Å²) in [5, 5.41) is 13.6. The van der Waals surface area contributed by atoms with Gasteiger partial charge in [-0.05, 0) is 112 Å². The van der Waals surface area contributed by atoms with Crippen molar-refractivity contribution in [3.63, 3.8) is 0 Å². The average Bonchev–Trinajstić information content (AvgIpc) is 3.05. The average molecular weight is 402 g/mol. The Morgan fingerprint density at radius 1 is 1.07 bits per heavy atom. The van der Waals surface area contributed by atoms with Gasteiger partial charge >= 0.3 is 0 Å². The fourth-order valence-corrected chi connectivity index (χ4v) is 8.71. The highest BCUT2D eigenvalue weighted by Crippen LogP contribution is 2.67. The van der Waals surface area contributed by atoms with Crippen LogP contribution in [0.1, 0.15) is 98.3 Å². The van der Waals surface area contributed by atoms with E-state index in [1.165, 1.54) is 57.8 Å². The lowest BCUT2D eigenvalue weighted by Crippen LogP contribution is -2.50. The maximum Gasteiger partial charge on any atom is 0.0577 e. The van der Waals surface area contributed by atoms with Crippen molar-refractivity contribution >= 4 is 0 Å². The number of fused-ring (bicyclic) bond motifs is 5. The summed E-state index contributed by atoms with van der Waals surface area (Å²) in [4.78, 5) is 0. The molecule has 0 heterocycles. The van der Waals surface area contributed by atoms with E-state index in [0.29, 0.717) is 16.9 Å². The second kappa shape index (κ2) is 8.30. The van der Waals surface area contributed by atoms with Crippen molar-refractivity contribution < 1.29 is 5.11 Å². The third kappa shape index (κ3) is 3.75. The van der Waals surface area contributed by atoms with Crippen LogP contribution in [0.15, 0.2) is 11.6 Å². The number of rotatable bonds is 6. The molecule has 0 aromatic carbocycles. The fraction of sp³-hybridized carbons (Fsp3) is 0.926. The summed E-state index contributed by atoms with van der Waals surface area (Å²) < 4.78 is 0. The van der Waals surface area contributed by atoms with E-state index in [0.717, 1.165) is 42.4 Å². The van der Waals surface area contributed by atoms with Crippen LogP contribution in [0.5, 0.6) is 0 Å². The summed E-state index contributed by atoms with van der Waals surface area (Å²) in [5.74, 6) is 4.52. The highest BCUT2D eigenvalue weighted by atomic mass is 16.3. The predicted octanol–water partition coefficient (Wildman–Crippen LogP) is 6.34. The first kappa shape index (κ1) is 21.9. The normalized spacial score (nSPS) is 46.3. The van der Waals surface area contributed by atoms with Crippen LogP contribution >= 0.6 is 0 Å². The molecule has 3 saturated carbocycles. The molecular formula is C27H47NO. The van der Waals surface area contributed by atoms with Gasteiger partial charge in [-0.1, -0.05) is 45.3 Å². The van der Waals surface area contributed by atoms with Gasteiger partial charge in [0.1, 0.15) is 0 Å². The van der Waals surface area contributed by atoms with Crippen LogP contribution < -0.4 is 5.32 Å². The molecule has 4 rings (SSSR count). The number of aliphatic hydroxyl groups is 1. The Labute approximate surface area is 180 Å². The first-order chi connectivity index (χ1) is 13.8. The molecular weight excluding hydrogens is 354 g/mol. The zero-order chi connectivity index (χ0) is 20.8. The summed E-state index contributed by atoms with van der Waals surface area (Å²) >= 11 is 0. The Morgan fingerprint density at radius 2 is 1.86 bits per heavy atom. The van der Waals surface area contributed by atoms with E-state index in [1.54, 1.807) is 5.57 Å². The molecule has 0 aromatic rings. The molecule has 3 fully saturated rings. The largest absolute Gasteiger partial charge is 0.393 e. The third-order valence-electron chi connectivity index (χ3n) is 10.6. The van der Waals surface area contributed by atoms with Gasteiger partial charge in [0.25, 0.3) is 0 Å². The van der Waals surface area contributed by atoms with E-state index in [4.69, 9.17) is 0 Å². The van der Waals surface area contributed by atoms with Crippen molar-refractivity contribution in [2.75, 3.05) is 7.05 Å². The van der Waals surface area contributed by atoms with E-state index < -0.39 is 0 Å². The first-order valence-corrected chi connectivity index (χ1v) is 12.8. The van der Waals surface area contributed by atoms with Crippen LogP contribution in [0.4, 0.5) is 0 Å². The first-order valence-electron chi connectivity index (χ1n) is 12.8. The molecule has 166 valence electrons. The standard InChI is InChI=1S/C27H47NO/c1-18(7-6-8-19(2)28-5)23-11-12-24-22-10-9-20-17-21(29)13-15-26(20,3)25(22)14-16-27(23,24)4/h9,18-19,21-25,28-29H,6-8,10-17H2,1-5H3/t18-,19?,21?,22+,23-,24+,25+,26+,27-/m1/s1. The predicted molar refractivity (Wildman–Crippen MR) is 123 cm³/mol. The number of nitrogens with one attached hydrogen (secondary N) is 1. The lowest BCUT2D eigenvalue weighted by atomic mass is 9.47. The van der Waals surface area contributed by atoms with Crippen molar-refractivity contribution in [2.45, 2.75) is 110 Å². The summed E-state index contributed by atoms with van der Waals surface area (Å²) in [6, 6.07) is 0.655. The second-order valence-electron chi connectivity index (χ2n) is 12.0. The SMILES string of the molecule is CNC(C)CCC[C@@H](C)[C@H]1CC[C@H]2[C@@H]3CC=C4CC(O)CC[C@]4(C)[C@H]3CC[C@]12C. The minimum Gasteiger partial charge on any atom is -0.393 e. The van der Waals surface area contributed by atoms with Crippen molar-refractivity contribution in [3.05, 3.63) is 11.6 Å². The highest BCUT2D eigenvalue weighted by molar-refractivity contribution is 5.25. The lowest BCUT2D eigenvalue weighted by Gasteiger charge is -2.58. The topological polar surface area (TPSA) is 32.3 Å². The fourth-order valence-electron chi connectivity index (χ4n) is 8.71. The number of allylic oxidation sites excluding steroid dienone is 1. The van der Waals surface area contributed by atoms with Gasteiger partial charge in [-0.15, -0.1) is 0 Å². The van der Waals surface area contributed by atoms with Crippen LogP contribution in [-0.4, -0.2) is 24.3 Å². The van der Waals surface area contributed by atoms with Crippen molar-refractivity contribution in [1.29, 1.82) is 0 Å². The molecule has 9 atom stereocenters. The monoisotopic (exact) mass is 401 g/mol. The van der Waals surface area contributed by atoms with Gasteiger partial charge < -0.3 is 10.4 Å². The van der Waals surface area contributed by atoms with E-state index >= 15 is 0 Å². The maximum absolute atomic E-state index is 10.2. The summed E-state index contributed by atoms with van der Waals surface area (Å²) in [6.45, 7) is 10.1. The molecule has 2 unspecified atom stereocenters. The summed E-state index contributed by atoms with van der Waals surface area (Å²) in [5.41, 5.74) is 2.57. The summed E-state index contributed by atoms with van der Waals surface area (Å²) in [6.07, 6.45) is 16.9. The zero-order valence-electron chi connectivity index (χ0n) is 19.8. The van der Waals surface area contributed by atoms with Crippen LogP contribution in [0, 0.1) is 40.4 Å². The molecule has 29 heavy (non-hydrogen) atoms. The molecule has 0 aliphatic heterocycles. The van der Waals surface area contributed by atoms with Crippen LogP contribution in [0.2, 0.25) is 0 Å². The van der Waals surface area contributed by atoms with E-state index in [1.807, 2.05) is 0 Å². The van der Waals surface area contributed by atoms with Gasteiger partial charge in [-0.25, -0.2) is 0 Å². The van der Waals surface area contributed by atoms with Gasteiger partial charge in [-0.3, -0.25) is 0 Å². The Morgan fingerprint density at radius 3 is 2.62 bits per heavy atom. The molecule has 0 saturated heterocycles. The Bertz CT molecular complexity index is 614. The number of hydrogen-bond donors (Lipinski definition) is 2. The quantitative estimate of drug-likeness (QED) is 0.509. The smallest absolute Gasteiger partial charge is 0.0577 e. The second-order valence-corrected chi connectivity index (χ2v) is 12.0. The van der Waals surface area contributed by atoms with Gasteiger partial charge in [0.05, 0.1) is 6.10 Å². The number of hydrogen-bond acceptors (Lipinski definition) is 2. The van der Waals surface area contributed by atoms with E-state index in [9.17, 15) is 5.11 Å². The molecule has 0 bridgehead atoms. The molecule has 0 aromatic heterocycles. The molecule has 4 aliphatic rings. The minimum atomic E-state index is -0.0814. The zero-order valence-corrected chi connectivity index (χ0v) is 19.8. The molecule has 2 N–H and O–H groups in total. The Balaban J connectivity index is 1.46. The molecule has 4 aliphatic carbocycles. The Kier molecular flexibility index (Phi) is 6.26. The maximum atomic E-state index is 10.2. The van der Waals surface area contributed by atoms with Gasteiger partial charge in [0.15, 0.2) is 0 Å². The molecule has 2 nitrogen and oxygen atoms in total. The van der Waals surface area contributed by atoms with Gasteiger partial charge in [0, 0.05) is 6.04 Å². The number of aliphatic hydroxyl groups excluding tert-OH is 1. The third-order valence-corrected chi connectivity index (χ3v) is 10.6. The van der Waals surface area contributed by atoms with Crippen molar-refractivity contribution in [1.82, 2.24) is 5.32 Å². The molecule has 0 amide bonds. The van der Waals surface area contributed by atoms with E-state index in [-0.39, 0.29) is 6.10 Å². The van der Waals surface area contributed by atoms with Gasteiger partial charge in [-0.2, -0.15) is 0 Å². The molecule has 0 spiro atoms. The molecule has 2 heteroatoms. The van der Waals surface area contributed by atoms with Crippen LogP contribution in [0.25, 0.3) is 0 Å². The Hall–Kier alpha value is -0.340. The lowest BCUT2D eigenvalue weighted by molar-refractivity contribution is -0.0572. The summed E-state index contributed by atoms with van der Waals surface area (Å²) in [7, 11) is 2.09. The van der Waals surface area contributed by atoms with E-state index in [2.05, 4.69) is 46.1 Å².